The van der Waals surface area contributed by atoms with Gasteiger partial charge in [-0.2, -0.15) is 26.3 Å². The Bertz CT molecular complexity index is 3660. The van der Waals surface area contributed by atoms with Crippen LogP contribution in [0.5, 0.6) is 23.0 Å². The first-order valence-corrected chi connectivity index (χ1v) is 30.8. The minimum absolute atomic E-state index is 0.0771. The number of carbonyl (C=O) groups excluding carboxylic acids is 2. The van der Waals surface area contributed by atoms with E-state index in [9.17, 15) is 22.8 Å². The third kappa shape index (κ3) is 11.3. The fourth-order valence-electron chi connectivity index (χ4n) is 14.7. The van der Waals surface area contributed by atoms with Crippen molar-refractivity contribution in [3.8, 4) is 45.3 Å². The molecule has 2 heterocycles. The Hall–Kier alpha value is -7.54. The molecule has 5 aliphatic rings. The van der Waals surface area contributed by atoms with E-state index in [1.807, 2.05) is 66.7 Å². The van der Waals surface area contributed by atoms with Crippen LogP contribution in [0.4, 0.5) is 32.0 Å². The number of methoxy groups -OCH3 is 1. The quantitative estimate of drug-likeness (QED) is 0.0465. The van der Waals surface area contributed by atoms with E-state index in [-0.39, 0.29) is 45.4 Å². The van der Waals surface area contributed by atoms with Crippen molar-refractivity contribution in [3.05, 3.63) is 178 Å². The van der Waals surface area contributed by atoms with Gasteiger partial charge >= 0.3 is 24.3 Å². The molecule has 3 aliphatic carbocycles. The SMILES string of the molecule is CCCCC[C@H]1CC[C@H](c2ccc(-c3ccc(OC(=O)C4CCC(C(=O)Oc5cc6c7c(c8c(c6cc5OC)OC(c5ccccc5)(c5ccc(N6CCCCC6)cc5)C=C8)C(C)(C)c5c-7cc(C(F)(F)F)cc5C(F)(F)F)CC4)cc3)cc2)CC1. The summed E-state index contributed by atoms with van der Waals surface area (Å²) in [5.41, 5.74) is 0.707. The number of anilines is 1. The molecule has 1 saturated heterocycles. The zero-order valence-corrected chi connectivity index (χ0v) is 49.3. The zero-order chi connectivity index (χ0) is 60.1. The lowest BCUT2D eigenvalue weighted by molar-refractivity contribution is -0.145. The summed E-state index contributed by atoms with van der Waals surface area (Å²) in [5, 5.41) is 0.528. The van der Waals surface area contributed by atoms with Crippen molar-refractivity contribution in [2.45, 2.75) is 146 Å². The van der Waals surface area contributed by atoms with Crippen LogP contribution in [0, 0.1) is 17.8 Å². The summed E-state index contributed by atoms with van der Waals surface area (Å²) in [6, 6.07) is 38.1. The summed E-state index contributed by atoms with van der Waals surface area (Å²) in [5.74, 6) is 0.0318. The predicted octanol–water partition coefficient (Wildman–Crippen LogP) is 19.4. The molecule has 0 aromatic heterocycles. The van der Waals surface area contributed by atoms with Gasteiger partial charge in [0.1, 0.15) is 11.5 Å². The third-order valence-corrected chi connectivity index (χ3v) is 19.3. The fraction of sp³-hybridized carbons (Fsp3) is 0.397. The van der Waals surface area contributed by atoms with Gasteiger partial charge in [-0.3, -0.25) is 9.59 Å². The molecule has 448 valence electrons. The lowest BCUT2D eigenvalue weighted by Crippen LogP contribution is -2.35. The molecule has 0 amide bonds. The van der Waals surface area contributed by atoms with Gasteiger partial charge in [0, 0.05) is 46.3 Å². The van der Waals surface area contributed by atoms with Crippen LogP contribution in [0.3, 0.4) is 0 Å². The van der Waals surface area contributed by atoms with Gasteiger partial charge in [-0.15, -0.1) is 0 Å². The van der Waals surface area contributed by atoms with Crippen molar-refractivity contribution in [2.24, 2.45) is 17.8 Å². The van der Waals surface area contributed by atoms with Crippen molar-refractivity contribution < 1.29 is 54.9 Å². The van der Waals surface area contributed by atoms with Gasteiger partial charge in [0.15, 0.2) is 17.1 Å². The predicted molar refractivity (Wildman–Crippen MR) is 325 cm³/mol. The largest absolute Gasteiger partial charge is 0.493 e. The average molecular weight is 1170 g/mol. The van der Waals surface area contributed by atoms with Gasteiger partial charge in [0.25, 0.3) is 0 Å². The first-order chi connectivity index (χ1) is 41.3. The van der Waals surface area contributed by atoms with Crippen LogP contribution in [0.25, 0.3) is 39.1 Å². The number of unbranched alkanes of at least 4 members (excludes halogenated alkanes) is 2. The van der Waals surface area contributed by atoms with Crippen LogP contribution < -0.4 is 23.8 Å². The van der Waals surface area contributed by atoms with Crippen LogP contribution in [0.1, 0.15) is 168 Å². The Balaban J connectivity index is 0.817. The number of benzene rings is 7. The van der Waals surface area contributed by atoms with Crippen LogP contribution in [-0.4, -0.2) is 32.1 Å². The highest BCUT2D eigenvalue weighted by atomic mass is 19.4. The van der Waals surface area contributed by atoms with Crippen LogP contribution in [0.2, 0.25) is 0 Å². The van der Waals surface area contributed by atoms with Gasteiger partial charge in [0.05, 0.1) is 30.1 Å². The van der Waals surface area contributed by atoms with E-state index in [0.717, 1.165) is 65.9 Å². The Morgan fingerprint density at radius 2 is 1.26 bits per heavy atom. The van der Waals surface area contributed by atoms with Crippen molar-refractivity contribution >= 4 is 34.5 Å². The maximum Gasteiger partial charge on any atom is 0.416 e. The molecule has 7 aromatic rings. The molecule has 13 heteroatoms. The summed E-state index contributed by atoms with van der Waals surface area (Å²) in [4.78, 5) is 30.3. The number of ether oxygens (including phenoxy) is 4. The second-order valence-corrected chi connectivity index (χ2v) is 25.0. The molecular formula is C73H73F6NO6. The number of hydrogen-bond acceptors (Lipinski definition) is 7. The fourth-order valence-corrected chi connectivity index (χ4v) is 14.7. The van der Waals surface area contributed by atoms with E-state index in [1.165, 1.54) is 76.5 Å². The number of alkyl halides is 6. The molecule has 1 atom stereocenters. The summed E-state index contributed by atoms with van der Waals surface area (Å²) in [6.07, 6.45) is 8.43. The van der Waals surface area contributed by atoms with Crippen LogP contribution in [0.15, 0.2) is 133 Å². The minimum atomic E-state index is -5.17. The van der Waals surface area contributed by atoms with Gasteiger partial charge < -0.3 is 23.8 Å². The molecule has 3 fully saturated rings. The molecule has 0 radical (unpaired) electrons. The van der Waals surface area contributed by atoms with E-state index >= 15 is 13.2 Å². The van der Waals surface area contributed by atoms with Crippen LogP contribution >= 0.6 is 0 Å². The molecule has 7 nitrogen and oxygen atoms in total. The number of hydrogen-bond donors (Lipinski definition) is 0. The average Bonchev–Trinajstić information content (AvgIpc) is 1.49. The van der Waals surface area contributed by atoms with Crippen molar-refractivity contribution in [1.82, 2.24) is 0 Å². The minimum Gasteiger partial charge on any atom is -0.493 e. The summed E-state index contributed by atoms with van der Waals surface area (Å²) < 4.78 is 116. The first-order valence-electron chi connectivity index (χ1n) is 30.8. The number of esters is 2. The molecule has 12 rings (SSSR count). The molecule has 1 unspecified atom stereocenters. The standard InChI is InChI=1S/C73H73F6NO6/c1-5-6-9-14-45-17-19-46(20-18-45)47-21-23-48(24-22-47)49-29-35-56(36-30-49)84-68(81)50-25-27-51(28-26-50)69(82)85-63-43-58-59(44-62(63)83-4)67-57(66-64(58)60-41-54(72(74,75)76)42-61(73(77,78)79)65(60)70(66,2)3)37-38-71(86-67,52-15-10-7-11-16-52)53-31-33-55(34-32-53)80-39-12-8-13-40-80/h7,10-11,15-16,21-24,29-38,41-46,50-51H,5-6,8-9,12-14,17-20,25-28,39-40H2,1-4H3/t45-,46-,50?,51?,71?. The highest BCUT2D eigenvalue weighted by Gasteiger charge is 2.51. The second kappa shape index (κ2) is 23.6. The number of nitrogens with zero attached hydrogens (tertiary/aromatic N) is 1. The molecule has 0 spiro atoms. The Kier molecular flexibility index (Phi) is 16.2. The number of piperidine rings is 1. The Morgan fingerprint density at radius 1 is 0.640 bits per heavy atom. The van der Waals surface area contributed by atoms with E-state index in [2.05, 4.69) is 48.2 Å². The normalized spacial score (nSPS) is 21.7. The van der Waals surface area contributed by atoms with Crippen molar-refractivity contribution in [1.29, 1.82) is 0 Å². The van der Waals surface area contributed by atoms with E-state index in [1.54, 1.807) is 32.0 Å². The Labute approximate surface area is 499 Å². The van der Waals surface area contributed by atoms with E-state index < -0.39 is 58.3 Å². The van der Waals surface area contributed by atoms with Crippen molar-refractivity contribution in [3.63, 3.8) is 0 Å². The number of halogens is 6. The Morgan fingerprint density at radius 3 is 1.87 bits per heavy atom. The third-order valence-electron chi connectivity index (χ3n) is 19.3. The maximum absolute atomic E-state index is 15.3. The number of fused-ring (bicyclic) bond motifs is 8. The molecule has 0 bridgehead atoms. The lowest BCUT2D eigenvalue weighted by atomic mass is 9.75. The molecule has 86 heavy (non-hydrogen) atoms. The van der Waals surface area contributed by atoms with E-state index in [4.69, 9.17) is 18.9 Å². The number of rotatable bonds is 14. The smallest absolute Gasteiger partial charge is 0.416 e. The molecule has 7 aromatic carbocycles. The molecular weight excluding hydrogens is 1100 g/mol. The highest BCUT2D eigenvalue weighted by molar-refractivity contribution is 6.10. The van der Waals surface area contributed by atoms with Crippen LogP contribution in [-0.2, 0) is 33.0 Å². The maximum atomic E-state index is 15.3. The van der Waals surface area contributed by atoms with Crippen molar-refractivity contribution in [2.75, 3.05) is 25.1 Å². The van der Waals surface area contributed by atoms with Gasteiger partial charge in [-0.25, -0.2) is 0 Å². The van der Waals surface area contributed by atoms with E-state index in [0.29, 0.717) is 53.9 Å². The molecule has 2 saturated carbocycles. The van der Waals surface area contributed by atoms with Gasteiger partial charge in [-0.1, -0.05) is 131 Å². The highest BCUT2D eigenvalue weighted by Crippen LogP contribution is 2.62. The summed E-state index contributed by atoms with van der Waals surface area (Å²) >= 11 is 0. The van der Waals surface area contributed by atoms with Gasteiger partial charge in [-0.05, 0) is 181 Å². The summed E-state index contributed by atoms with van der Waals surface area (Å²) in [6.45, 7) is 7.31. The van der Waals surface area contributed by atoms with Gasteiger partial charge in [0.2, 0.25) is 0 Å². The molecule has 0 N–H and O–H groups in total. The lowest BCUT2D eigenvalue weighted by Gasteiger charge is -2.39. The second-order valence-electron chi connectivity index (χ2n) is 25.0. The first kappa shape index (κ1) is 58.8. The topological polar surface area (TPSA) is 74.3 Å². The monoisotopic (exact) mass is 1170 g/mol. The number of carbonyl (C=O) groups is 2. The summed E-state index contributed by atoms with van der Waals surface area (Å²) in [7, 11) is 1.39. The zero-order valence-electron chi connectivity index (χ0n) is 49.3. The molecule has 2 aliphatic heterocycles.